The maximum atomic E-state index is 11.6. The molecule has 1 aromatic rings. The highest BCUT2D eigenvalue weighted by Gasteiger charge is 2.27. The predicted molar refractivity (Wildman–Crippen MR) is 61.3 cm³/mol. The number of benzene rings is 1. The Morgan fingerprint density at radius 1 is 1.29 bits per heavy atom. The molecule has 17 heavy (non-hydrogen) atoms. The van der Waals surface area contributed by atoms with E-state index in [0.29, 0.717) is 5.57 Å². The van der Waals surface area contributed by atoms with Crippen LogP contribution in [-0.2, 0) is 4.79 Å². The van der Waals surface area contributed by atoms with E-state index in [1.54, 1.807) is 0 Å². The molecule has 6 nitrogen and oxygen atoms in total. The fraction of sp³-hybridized carbons (Fsp3) is 0.0909. The molecule has 0 radical (unpaired) electrons. The molecule has 6 heteroatoms. The zero-order valence-corrected chi connectivity index (χ0v) is 8.94. The Kier molecular flexibility index (Phi) is 3.06. The second kappa shape index (κ2) is 4.67. The number of urea groups is 1. The molecule has 1 heterocycles. The van der Waals surface area contributed by atoms with Gasteiger partial charge in [-0.15, -0.1) is 0 Å². The Labute approximate surface area is 97.8 Å². The summed E-state index contributed by atoms with van der Waals surface area (Å²) in [5, 5.41) is 5.08. The van der Waals surface area contributed by atoms with Gasteiger partial charge in [-0.05, 0) is 5.56 Å². The Morgan fingerprint density at radius 3 is 2.65 bits per heavy atom. The fourth-order valence-corrected chi connectivity index (χ4v) is 1.67. The van der Waals surface area contributed by atoms with Crippen LogP contribution in [0.4, 0.5) is 4.79 Å². The molecule has 1 aliphatic rings. The average Bonchev–Trinajstić information content (AvgIpc) is 2.39. The van der Waals surface area contributed by atoms with Crippen LogP contribution in [0.2, 0.25) is 0 Å². The molecule has 2 rings (SSSR count). The van der Waals surface area contributed by atoms with Crippen molar-refractivity contribution in [3.05, 3.63) is 47.7 Å². The molecule has 1 atom stereocenters. The van der Waals surface area contributed by atoms with Gasteiger partial charge in [0.2, 0.25) is 0 Å². The first-order valence-corrected chi connectivity index (χ1v) is 5.05. The van der Waals surface area contributed by atoms with E-state index in [9.17, 15) is 9.59 Å². The number of hydrazine groups is 1. The van der Waals surface area contributed by atoms with Crippen molar-refractivity contribution in [2.45, 2.75) is 6.04 Å². The normalized spacial score (nSPS) is 18.8. The molecule has 0 aromatic heterocycles. The number of hydrogen-bond donors (Lipinski definition) is 4. The first-order valence-electron chi connectivity index (χ1n) is 5.05. The van der Waals surface area contributed by atoms with Gasteiger partial charge < -0.3 is 10.6 Å². The molecular weight excluding hydrogens is 220 g/mol. The zero-order valence-electron chi connectivity index (χ0n) is 8.94. The summed E-state index contributed by atoms with van der Waals surface area (Å²) in [4.78, 5) is 22.8. The number of nitrogens with two attached hydrogens (primary N) is 1. The van der Waals surface area contributed by atoms with Gasteiger partial charge in [0.15, 0.2) is 0 Å². The van der Waals surface area contributed by atoms with Gasteiger partial charge in [0.05, 0.1) is 11.6 Å². The Bertz CT molecular complexity index is 470. The summed E-state index contributed by atoms with van der Waals surface area (Å²) >= 11 is 0. The maximum Gasteiger partial charge on any atom is 0.319 e. The number of carbonyl (C=O) groups is 2. The Balaban J connectivity index is 2.36. The van der Waals surface area contributed by atoms with E-state index in [0.717, 1.165) is 5.56 Å². The molecule has 0 aliphatic carbocycles. The third-order valence-electron chi connectivity index (χ3n) is 2.47. The lowest BCUT2D eigenvalue weighted by Crippen LogP contribution is -2.45. The van der Waals surface area contributed by atoms with Gasteiger partial charge in [-0.25, -0.2) is 10.6 Å². The molecule has 1 aromatic carbocycles. The molecule has 0 unspecified atom stereocenters. The van der Waals surface area contributed by atoms with Crippen LogP contribution in [-0.4, -0.2) is 11.9 Å². The SMILES string of the molecule is NNC(=O)C1=CNC(=O)N[C@H]1c1ccccc1. The first kappa shape index (κ1) is 11.2. The summed E-state index contributed by atoms with van der Waals surface area (Å²) in [6.45, 7) is 0. The molecule has 5 N–H and O–H groups in total. The number of hydrogen-bond acceptors (Lipinski definition) is 3. The van der Waals surface area contributed by atoms with Crippen molar-refractivity contribution in [3.63, 3.8) is 0 Å². The lowest BCUT2D eigenvalue weighted by atomic mass is 9.98. The van der Waals surface area contributed by atoms with Crippen molar-refractivity contribution in [1.82, 2.24) is 16.1 Å². The van der Waals surface area contributed by atoms with Crippen molar-refractivity contribution in [1.29, 1.82) is 0 Å². The van der Waals surface area contributed by atoms with Crippen LogP contribution < -0.4 is 21.9 Å². The van der Waals surface area contributed by atoms with Crippen LogP contribution in [0.3, 0.4) is 0 Å². The molecule has 0 spiro atoms. The summed E-state index contributed by atoms with van der Waals surface area (Å²) < 4.78 is 0. The quantitative estimate of drug-likeness (QED) is 0.326. The number of carbonyl (C=O) groups excluding carboxylic acids is 2. The predicted octanol–water partition coefficient (Wildman–Crippen LogP) is -0.0857. The zero-order chi connectivity index (χ0) is 12.3. The monoisotopic (exact) mass is 232 g/mol. The van der Waals surface area contributed by atoms with Crippen LogP contribution in [0, 0.1) is 0 Å². The Hall–Kier alpha value is -2.34. The first-order chi connectivity index (χ1) is 8.22. The summed E-state index contributed by atoms with van der Waals surface area (Å²) in [6.07, 6.45) is 1.36. The van der Waals surface area contributed by atoms with Gasteiger partial charge in [-0.1, -0.05) is 30.3 Å². The van der Waals surface area contributed by atoms with Crippen molar-refractivity contribution in [3.8, 4) is 0 Å². The minimum atomic E-state index is -0.492. The Morgan fingerprint density at radius 2 is 2.00 bits per heavy atom. The second-order valence-electron chi connectivity index (χ2n) is 3.53. The van der Waals surface area contributed by atoms with E-state index >= 15 is 0 Å². The van der Waals surface area contributed by atoms with Gasteiger partial charge in [0.25, 0.3) is 5.91 Å². The van der Waals surface area contributed by atoms with Gasteiger partial charge in [0, 0.05) is 6.20 Å². The molecule has 1 aliphatic heterocycles. The van der Waals surface area contributed by atoms with Crippen LogP contribution in [0.25, 0.3) is 0 Å². The molecule has 3 amide bonds. The third-order valence-corrected chi connectivity index (χ3v) is 2.47. The molecule has 0 saturated heterocycles. The fourth-order valence-electron chi connectivity index (χ4n) is 1.67. The van der Waals surface area contributed by atoms with Crippen LogP contribution in [0.15, 0.2) is 42.1 Å². The minimum Gasteiger partial charge on any atom is -0.327 e. The summed E-state index contributed by atoms with van der Waals surface area (Å²) in [6, 6.07) is 8.34. The van der Waals surface area contributed by atoms with Crippen molar-refractivity contribution in [2.24, 2.45) is 5.84 Å². The maximum absolute atomic E-state index is 11.6. The van der Waals surface area contributed by atoms with Crippen LogP contribution in [0.5, 0.6) is 0 Å². The highest BCUT2D eigenvalue weighted by atomic mass is 16.2. The smallest absolute Gasteiger partial charge is 0.319 e. The van der Waals surface area contributed by atoms with Gasteiger partial charge in [-0.3, -0.25) is 10.2 Å². The lowest BCUT2D eigenvalue weighted by molar-refractivity contribution is -0.117. The van der Waals surface area contributed by atoms with E-state index < -0.39 is 11.9 Å². The summed E-state index contributed by atoms with van der Waals surface area (Å²) in [5.41, 5.74) is 3.23. The highest BCUT2D eigenvalue weighted by molar-refractivity contribution is 5.97. The summed E-state index contributed by atoms with van der Waals surface area (Å²) in [5.74, 6) is 4.66. The number of amides is 3. The van der Waals surface area contributed by atoms with Gasteiger partial charge in [-0.2, -0.15) is 0 Å². The molecule has 0 fully saturated rings. The van der Waals surface area contributed by atoms with Gasteiger partial charge >= 0.3 is 6.03 Å². The molecular formula is C11H12N4O2. The third kappa shape index (κ3) is 2.26. The lowest BCUT2D eigenvalue weighted by Gasteiger charge is -2.25. The van der Waals surface area contributed by atoms with E-state index in [4.69, 9.17) is 5.84 Å². The average molecular weight is 232 g/mol. The van der Waals surface area contributed by atoms with Crippen LogP contribution in [0.1, 0.15) is 11.6 Å². The topological polar surface area (TPSA) is 96.2 Å². The highest BCUT2D eigenvalue weighted by Crippen LogP contribution is 2.22. The molecule has 88 valence electrons. The number of rotatable bonds is 2. The molecule has 0 bridgehead atoms. The van der Waals surface area contributed by atoms with Gasteiger partial charge in [0.1, 0.15) is 0 Å². The standard InChI is InChI=1S/C11H12N4O2/c12-15-10(16)8-6-13-11(17)14-9(8)7-4-2-1-3-5-7/h1-6,9H,12H2,(H,15,16)(H2,13,14,17)/t9-/m0/s1. The summed E-state index contributed by atoms with van der Waals surface area (Å²) in [7, 11) is 0. The van der Waals surface area contributed by atoms with Crippen molar-refractivity contribution < 1.29 is 9.59 Å². The largest absolute Gasteiger partial charge is 0.327 e. The second-order valence-corrected chi connectivity index (χ2v) is 3.53. The van der Waals surface area contributed by atoms with E-state index in [1.165, 1.54) is 6.20 Å². The van der Waals surface area contributed by atoms with Crippen molar-refractivity contribution in [2.75, 3.05) is 0 Å². The molecule has 0 saturated carbocycles. The van der Waals surface area contributed by atoms with E-state index in [1.807, 2.05) is 30.3 Å². The van der Waals surface area contributed by atoms with Crippen LogP contribution >= 0.6 is 0 Å². The van der Waals surface area contributed by atoms with E-state index in [-0.39, 0.29) is 6.03 Å². The number of nitrogens with one attached hydrogen (secondary N) is 3. The van der Waals surface area contributed by atoms with Crippen molar-refractivity contribution >= 4 is 11.9 Å². The van der Waals surface area contributed by atoms with E-state index in [2.05, 4.69) is 16.1 Å². The minimum absolute atomic E-state index is 0.354.